The van der Waals surface area contributed by atoms with Crippen molar-refractivity contribution in [3.63, 3.8) is 0 Å². The van der Waals surface area contributed by atoms with Gasteiger partial charge in [-0.1, -0.05) is 12.1 Å². The molecule has 0 bridgehead atoms. The molecule has 17 heavy (non-hydrogen) atoms. The van der Waals surface area contributed by atoms with Crippen molar-refractivity contribution in [2.45, 2.75) is 9.79 Å². The van der Waals surface area contributed by atoms with Gasteiger partial charge in [-0.25, -0.2) is 0 Å². The van der Waals surface area contributed by atoms with Crippen LogP contribution in [0, 0.1) is 0 Å². The zero-order valence-corrected chi connectivity index (χ0v) is 10.8. The van der Waals surface area contributed by atoms with E-state index in [9.17, 15) is 0 Å². The van der Waals surface area contributed by atoms with Crippen LogP contribution in [0.4, 0.5) is 0 Å². The quantitative estimate of drug-likeness (QED) is 0.611. The van der Waals surface area contributed by atoms with Gasteiger partial charge in [0.25, 0.3) is 0 Å². The van der Waals surface area contributed by atoms with Crippen LogP contribution in [0.5, 0.6) is 11.5 Å². The van der Waals surface area contributed by atoms with E-state index >= 15 is 0 Å². The third kappa shape index (κ3) is 3.17. The van der Waals surface area contributed by atoms with E-state index in [0.29, 0.717) is 0 Å². The maximum Gasteiger partial charge on any atom is 0.161 e. The van der Waals surface area contributed by atoms with E-state index in [1.54, 1.807) is 14.2 Å². The third-order valence-corrected chi connectivity index (χ3v) is 3.44. The van der Waals surface area contributed by atoms with Crippen LogP contribution in [0.1, 0.15) is 0 Å². The Hall–Kier alpha value is -1.61. The number of thiol groups is 1. The summed E-state index contributed by atoms with van der Waals surface area (Å²) in [6.07, 6.45) is 0. The minimum atomic E-state index is 0.887. The van der Waals surface area contributed by atoms with Crippen molar-refractivity contribution in [1.82, 2.24) is 0 Å². The van der Waals surface area contributed by atoms with Crippen molar-refractivity contribution in [3.05, 3.63) is 48.5 Å². The monoisotopic (exact) mass is 247 g/mol. The molecule has 0 fully saturated rings. The van der Waals surface area contributed by atoms with Gasteiger partial charge in [0.05, 0.1) is 14.2 Å². The van der Waals surface area contributed by atoms with Crippen LogP contribution in [0.3, 0.4) is 0 Å². The van der Waals surface area contributed by atoms with E-state index in [-0.39, 0.29) is 0 Å². The van der Waals surface area contributed by atoms with Crippen LogP contribution in [0.25, 0.3) is 0 Å². The highest BCUT2D eigenvalue weighted by atomic mass is 32.2. The van der Waals surface area contributed by atoms with Crippen molar-refractivity contribution in [2.24, 2.45) is 0 Å². The highest BCUT2D eigenvalue weighted by Gasteiger charge is 2.08. The lowest BCUT2D eigenvalue weighted by atomic mass is 10.3. The summed E-state index contributed by atoms with van der Waals surface area (Å²) in [5.74, 6) is 1.77. The van der Waals surface area contributed by atoms with Crippen LogP contribution in [0.2, 0.25) is 0 Å². The molecule has 0 unspecified atom stereocenters. The van der Waals surface area contributed by atoms with E-state index in [4.69, 9.17) is 9.47 Å². The fourth-order valence-corrected chi connectivity index (χ4v) is 2.51. The summed E-state index contributed by atoms with van der Waals surface area (Å²) in [7, 11) is 3.36. The lowest BCUT2D eigenvalue weighted by Gasteiger charge is -2.00. The molecule has 0 aliphatic heterocycles. The first-order valence-electron chi connectivity index (χ1n) is 5.31. The molecule has 2 aromatic carbocycles. The number of rotatable bonds is 4. The van der Waals surface area contributed by atoms with E-state index < -0.39 is 0 Å². The predicted molar refractivity (Wildman–Crippen MR) is 71.3 cm³/mol. The normalized spacial score (nSPS) is 10.0. The molecule has 2 nitrogen and oxygen atoms in total. The predicted octanol–water partition coefficient (Wildman–Crippen LogP) is 2.94. The van der Waals surface area contributed by atoms with E-state index in [1.807, 2.05) is 36.4 Å². The standard InChI is InChI=1S/C14H14O2S/c1-15-11-5-3-7-13(9-11)17-14-8-4-6-12(10-14)16-2/h3-10H,1-2H3/p+1. The van der Waals surface area contributed by atoms with Gasteiger partial charge in [0.1, 0.15) is 11.5 Å². The molecule has 0 saturated heterocycles. The number of ether oxygens (including phenoxy) is 2. The van der Waals surface area contributed by atoms with Crippen LogP contribution in [-0.2, 0) is 11.8 Å². The summed E-state index contributed by atoms with van der Waals surface area (Å²) in [6.45, 7) is 0. The molecular weight excluding hydrogens is 232 g/mol. The lowest BCUT2D eigenvalue weighted by molar-refractivity contribution is 0.413. The summed E-state index contributed by atoms with van der Waals surface area (Å²) in [5, 5.41) is 0. The molecule has 0 aromatic heterocycles. The Morgan fingerprint density at radius 3 is 1.65 bits per heavy atom. The van der Waals surface area contributed by atoms with E-state index in [1.165, 1.54) is 9.79 Å². The summed E-state index contributed by atoms with van der Waals surface area (Å²) in [6, 6.07) is 16.2. The van der Waals surface area contributed by atoms with Gasteiger partial charge in [0, 0.05) is 23.9 Å². The van der Waals surface area contributed by atoms with Gasteiger partial charge < -0.3 is 9.47 Å². The van der Waals surface area contributed by atoms with Gasteiger partial charge in [-0.05, 0) is 24.3 Å². The second-order valence-electron chi connectivity index (χ2n) is 3.51. The highest BCUT2D eigenvalue weighted by molar-refractivity contribution is 7.78. The first kappa shape index (κ1) is 11.9. The van der Waals surface area contributed by atoms with Crippen molar-refractivity contribution in [1.29, 1.82) is 0 Å². The Kier molecular flexibility index (Phi) is 3.94. The maximum atomic E-state index is 5.21. The Morgan fingerprint density at radius 2 is 1.24 bits per heavy atom. The molecule has 3 heteroatoms. The second kappa shape index (κ2) is 5.64. The largest absolute Gasteiger partial charge is 0.497 e. The molecule has 0 saturated carbocycles. The third-order valence-electron chi connectivity index (χ3n) is 2.36. The van der Waals surface area contributed by atoms with Crippen molar-refractivity contribution < 1.29 is 9.47 Å². The molecule has 0 heterocycles. The molecule has 0 atom stereocenters. The van der Waals surface area contributed by atoms with Gasteiger partial charge in [0.2, 0.25) is 0 Å². The Labute approximate surface area is 106 Å². The number of hydrogen-bond acceptors (Lipinski definition) is 2. The van der Waals surface area contributed by atoms with Crippen molar-refractivity contribution in [2.75, 3.05) is 14.2 Å². The van der Waals surface area contributed by atoms with Crippen LogP contribution in [-0.4, -0.2) is 14.2 Å². The van der Waals surface area contributed by atoms with Gasteiger partial charge >= 0.3 is 0 Å². The molecular formula is C14H15O2S+. The van der Waals surface area contributed by atoms with Gasteiger partial charge in [-0.15, -0.1) is 0 Å². The number of hydrogen-bond donors (Lipinski definition) is 0. The highest BCUT2D eigenvalue weighted by Crippen LogP contribution is 2.20. The van der Waals surface area contributed by atoms with Crippen LogP contribution >= 0.6 is 0 Å². The van der Waals surface area contributed by atoms with E-state index in [2.05, 4.69) is 12.1 Å². The summed E-state index contributed by atoms with van der Waals surface area (Å²) < 4.78 is 10.4. The SMILES string of the molecule is COc1cccc([SH+]c2cccc(OC)c2)c1. The number of methoxy groups -OCH3 is 2. The van der Waals surface area contributed by atoms with Crippen LogP contribution in [0.15, 0.2) is 58.3 Å². The summed E-state index contributed by atoms with van der Waals surface area (Å²) in [4.78, 5) is 2.41. The molecule has 0 aliphatic rings. The smallest absolute Gasteiger partial charge is 0.161 e. The summed E-state index contributed by atoms with van der Waals surface area (Å²) >= 11 is 1.15. The Bertz CT molecular complexity index is 452. The minimum Gasteiger partial charge on any atom is -0.497 e. The zero-order valence-electron chi connectivity index (χ0n) is 9.88. The fraction of sp³-hybridized carbons (Fsp3) is 0.143. The molecule has 0 radical (unpaired) electrons. The number of benzene rings is 2. The van der Waals surface area contributed by atoms with Gasteiger partial charge in [-0.3, -0.25) is 0 Å². The second-order valence-corrected chi connectivity index (χ2v) is 4.77. The zero-order chi connectivity index (χ0) is 12.1. The average Bonchev–Trinajstić information content (AvgIpc) is 2.39. The molecule has 88 valence electrons. The van der Waals surface area contributed by atoms with Gasteiger partial charge in [0.15, 0.2) is 9.79 Å². The Morgan fingerprint density at radius 1 is 0.765 bits per heavy atom. The van der Waals surface area contributed by atoms with Gasteiger partial charge in [-0.2, -0.15) is 0 Å². The fourth-order valence-electron chi connectivity index (χ4n) is 1.51. The molecule has 0 spiro atoms. The van der Waals surface area contributed by atoms with Crippen LogP contribution < -0.4 is 9.47 Å². The van der Waals surface area contributed by atoms with Crippen molar-refractivity contribution in [3.8, 4) is 11.5 Å². The topological polar surface area (TPSA) is 18.5 Å². The molecule has 0 N–H and O–H groups in total. The minimum absolute atomic E-state index is 0.887. The van der Waals surface area contributed by atoms with Crippen molar-refractivity contribution >= 4 is 11.8 Å². The first-order valence-corrected chi connectivity index (χ1v) is 6.21. The summed E-state index contributed by atoms with van der Waals surface area (Å²) in [5.41, 5.74) is 0. The molecule has 2 rings (SSSR count). The maximum absolute atomic E-state index is 5.21. The Balaban J connectivity index is 2.18. The average molecular weight is 247 g/mol. The molecule has 2 aromatic rings. The lowest BCUT2D eigenvalue weighted by Crippen LogP contribution is -1.89. The first-order chi connectivity index (χ1) is 8.31. The molecule has 0 aliphatic carbocycles. The molecule has 0 amide bonds. The van der Waals surface area contributed by atoms with E-state index in [0.717, 1.165) is 23.3 Å².